The Balaban J connectivity index is 1.46. The minimum absolute atomic E-state index is 0.00796. The lowest BCUT2D eigenvalue weighted by Gasteiger charge is -2.35. The lowest BCUT2D eigenvalue weighted by Crippen LogP contribution is -2.46. The van der Waals surface area contributed by atoms with E-state index >= 15 is 0 Å². The number of hydrogen-bond acceptors (Lipinski definition) is 4. The molecule has 214 valence electrons. The maximum absolute atomic E-state index is 13.4. The number of halogens is 3. The van der Waals surface area contributed by atoms with Crippen molar-refractivity contribution in [1.82, 2.24) is 14.9 Å². The van der Waals surface area contributed by atoms with Gasteiger partial charge in [0.1, 0.15) is 0 Å². The fraction of sp³-hybridized carbons (Fsp3) is 0.552. The Labute approximate surface area is 229 Å². The molecule has 1 aliphatic heterocycles. The topological polar surface area (TPSA) is 78.5 Å². The average Bonchev–Trinajstić information content (AvgIpc) is 2.87. The third-order valence-electron chi connectivity index (χ3n) is 7.44. The van der Waals surface area contributed by atoms with Crippen molar-refractivity contribution in [2.75, 3.05) is 6.54 Å². The van der Waals surface area contributed by atoms with Gasteiger partial charge in [-0.3, -0.25) is 4.79 Å². The summed E-state index contributed by atoms with van der Waals surface area (Å²) in [4.78, 5) is 12.8. The fourth-order valence-electron chi connectivity index (χ4n) is 5.42. The van der Waals surface area contributed by atoms with Crippen LogP contribution in [-0.4, -0.2) is 36.8 Å². The van der Waals surface area contributed by atoms with Crippen molar-refractivity contribution in [1.29, 1.82) is 0 Å². The van der Waals surface area contributed by atoms with Crippen LogP contribution in [0.2, 0.25) is 0 Å². The van der Waals surface area contributed by atoms with Crippen molar-refractivity contribution in [3.8, 4) is 0 Å². The van der Waals surface area contributed by atoms with Gasteiger partial charge < -0.3 is 10.6 Å². The number of aryl methyl sites for hydroxylation is 1. The summed E-state index contributed by atoms with van der Waals surface area (Å²) in [5, 5.41) is 6.61. The summed E-state index contributed by atoms with van der Waals surface area (Å²) in [5.74, 6) is -0.248. The highest BCUT2D eigenvalue weighted by Crippen LogP contribution is 2.34. The van der Waals surface area contributed by atoms with Gasteiger partial charge in [-0.15, -0.1) is 0 Å². The average molecular weight is 566 g/mol. The number of nitrogens with zero attached hydrogens (tertiary/aromatic N) is 1. The highest BCUT2D eigenvalue weighted by Gasteiger charge is 2.37. The quantitative estimate of drug-likeness (QED) is 0.450. The zero-order valence-corrected chi connectivity index (χ0v) is 23.6. The van der Waals surface area contributed by atoms with Gasteiger partial charge in [0.15, 0.2) is 0 Å². The summed E-state index contributed by atoms with van der Waals surface area (Å²) in [6, 6.07) is 9.40. The first kappa shape index (κ1) is 29.6. The predicted molar refractivity (Wildman–Crippen MR) is 144 cm³/mol. The fourth-order valence-corrected chi connectivity index (χ4v) is 7.16. The van der Waals surface area contributed by atoms with Crippen molar-refractivity contribution in [3.05, 3.63) is 64.7 Å². The zero-order valence-electron chi connectivity index (χ0n) is 22.8. The molecule has 1 aliphatic carbocycles. The van der Waals surface area contributed by atoms with Crippen LogP contribution in [0.15, 0.2) is 47.4 Å². The van der Waals surface area contributed by atoms with E-state index in [-0.39, 0.29) is 30.5 Å². The molecular formula is C29H38F3N3O3S. The summed E-state index contributed by atoms with van der Waals surface area (Å²) in [6.45, 7) is 7.29. The van der Waals surface area contributed by atoms with Crippen LogP contribution in [0.5, 0.6) is 0 Å². The third kappa shape index (κ3) is 7.41. The molecule has 1 fully saturated rings. The highest BCUT2D eigenvalue weighted by molar-refractivity contribution is 7.89. The van der Waals surface area contributed by atoms with Crippen LogP contribution in [0.1, 0.15) is 87.6 Å². The molecule has 2 N–H and O–H groups in total. The molecular weight excluding hydrogens is 527 g/mol. The molecule has 0 bridgehead atoms. The molecule has 6 nitrogen and oxygen atoms in total. The number of alkyl halides is 3. The van der Waals surface area contributed by atoms with E-state index in [1.165, 1.54) is 21.5 Å². The largest absolute Gasteiger partial charge is 0.416 e. The second-order valence-electron chi connectivity index (χ2n) is 11.6. The van der Waals surface area contributed by atoms with Gasteiger partial charge in [0.05, 0.1) is 16.5 Å². The van der Waals surface area contributed by atoms with Crippen molar-refractivity contribution in [3.63, 3.8) is 0 Å². The lowest BCUT2D eigenvalue weighted by atomic mass is 9.86. The molecule has 2 aliphatic rings. The van der Waals surface area contributed by atoms with Gasteiger partial charge in [0.2, 0.25) is 15.9 Å². The number of carbonyl (C=O) groups excluding carboxylic acids is 1. The van der Waals surface area contributed by atoms with Crippen molar-refractivity contribution >= 4 is 15.9 Å². The normalized spacial score (nSPS) is 20.9. The third-order valence-corrected chi connectivity index (χ3v) is 9.39. The van der Waals surface area contributed by atoms with Gasteiger partial charge in [-0.25, -0.2) is 8.42 Å². The highest BCUT2D eigenvalue weighted by atomic mass is 32.2. The SMILES string of the molecule is CC(C)(C)NCc1ccc2c(c1)CCC[C@H]2NC(=O)CC1CCCCN1S(=O)(=O)c1cccc(C(F)(F)F)c1. The number of hydrogen-bond donors (Lipinski definition) is 2. The predicted octanol–water partition coefficient (Wildman–Crippen LogP) is 5.72. The zero-order chi connectivity index (χ0) is 28.4. The summed E-state index contributed by atoms with van der Waals surface area (Å²) in [7, 11) is -4.19. The van der Waals surface area contributed by atoms with E-state index in [9.17, 15) is 26.4 Å². The maximum Gasteiger partial charge on any atom is 0.416 e. The smallest absolute Gasteiger partial charge is 0.349 e. The Hall–Kier alpha value is -2.43. The van der Waals surface area contributed by atoms with E-state index in [2.05, 4.69) is 49.6 Å². The van der Waals surface area contributed by atoms with Crippen LogP contribution >= 0.6 is 0 Å². The van der Waals surface area contributed by atoms with Crippen molar-refractivity contribution in [2.24, 2.45) is 0 Å². The first-order valence-electron chi connectivity index (χ1n) is 13.6. The van der Waals surface area contributed by atoms with Crippen LogP contribution in [0, 0.1) is 0 Å². The molecule has 1 unspecified atom stereocenters. The summed E-state index contributed by atoms with van der Waals surface area (Å²) < 4.78 is 67.6. The molecule has 2 aromatic carbocycles. The molecule has 0 aromatic heterocycles. The number of amides is 1. The van der Waals surface area contributed by atoms with Crippen LogP contribution in [0.4, 0.5) is 13.2 Å². The number of nitrogens with one attached hydrogen (secondary N) is 2. The van der Waals surface area contributed by atoms with Crippen molar-refractivity contribution < 1.29 is 26.4 Å². The Bertz CT molecular complexity index is 1290. The van der Waals surface area contributed by atoms with Gasteiger partial charge >= 0.3 is 6.18 Å². The van der Waals surface area contributed by atoms with E-state index in [0.29, 0.717) is 18.9 Å². The Morgan fingerprint density at radius 2 is 1.79 bits per heavy atom. The standard InChI is InChI=1S/C29H38F3N3O3S/c1-28(2,3)33-19-20-13-14-25-21(16-20)8-6-12-26(25)34-27(36)18-23-10-4-5-15-35(23)39(37,38)24-11-7-9-22(17-24)29(30,31)32/h7,9,11,13-14,16-17,23,26,33H,4-6,8,10,12,15,18-19H2,1-3H3,(H,34,36)/t23?,26-/m1/s1. The Kier molecular flexibility index (Phi) is 8.78. The Morgan fingerprint density at radius 1 is 1.03 bits per heavy atom. The van der Waals surface area contributed by atoms with Gasteiger partial charge in [0, 0.05) is 31.1 Å². The number of benzene rings is 2. The molecule has 0 saturated carbocycles. The van der Waals surface area contributed by atoms with E-state index in [1.807, 2.05) is 0 Å². The summed E-state index contributed by atoms with van der Waals surface area (Å²) in [6.07, 6.45) is -0.163. The second-order valence-corrected chi connectivity index (χ2v) is 13.5. The number of sulfonamides is 1. The number of carbonyl (C=O) groups is 1. The Morgan fingerprint density at radius 3 is 2.51 bits per heavy atom. The number of piperidine rings is 1. The summed E-state index contributed by atoms with van der Waals surface area (Å²) >= 11 is 0. The lowest BCUT2D eigenvalue weighted by molar-refractivity contribution is -0.137. The molecule has 1 amide bonds. The van der Waals surface area contributed by atoms with Gasteiger partial charge in [0.25, 0.3) is 0 Å². The van der Waals surface area contributed by atoms with E-state index in [0.717, 1.165) is 49.9 Å². The first-order chi connectivity index (χ1) is 18.2. The second kappa shape index (κ2) is 11.6. The number of fused-ring (bicyclic) bond motifs is 1. The molecule has 0 radical (unpaired) electrons. The van der Waals surface area contributed by atoms with Crippen molar-refractivity contribution in [2.45, 2.75) is 101 Å². The van der Waals surface area contributed by atoms with Crippen LogP contribution in [0.3, 0.4) is 0 Å². The molecule has 1 heterocycles. The van der Waals surface area contributed by atoms with Crippen LogP contribution in [-0.2, 0) is 34.0 Å². The van der Waals surface area contributed by atoms with E-state index in [4.69, 9.17) is 0 Å². The minimum Gasteiger partial charge on any atom is -0.349 e. The van der Waals surface area contributed by atoms with Gasteiger partial charge in [-0.2, -0.15) is 17.5 Å². The molecule has 10 heteroatoms. The molecule has 0 spiro atoms. The molecule has 2 aromatic rings. The van der Waals surface area contributed by atoms with Crippen LogP contribution < -0.4 is 10.6 Å². The molecule has 4 rings (SSSR count). The monoisotopic (exact) mass is 565 g/mol. The van der Waals surface area contributed by atoms with Crippen LogP contribution in [0.25, 0.3) is 0 Å². The first-order valence-corrected chi connectivity index (χ1v) is 15.0. The minimum atomic E-state index is -4.65. The molecule has 2 atom stereocenters. The molecule has 1 saturated heterocycles. The maximum atomic E-state index is 13.4. The number of rotatable bonds is 7. The summed E-state index contributed by atoms with van der Waals surface area (Å²) in [5.41, 5.74) is 2.49. The van der Waals surface area contributed by atoms with Gasteiger partial charge in [-0.1, -0.05) is 30.7 Å². The molecule has 39 heavy (non-hydrogen) atoms. The van der Waals surface area contributed by atoms with E-state index < -0.39 is 32.7 Å². The van der Waals surface area contributed by atoms with Gasteiger partial charge in [-0.05, 0) is 87.8 Å². The van der Waals surface area contributed by atoms with E-state index in [1.54, 1.807) is 0 Å².